The number of aliphatic hydroxyl groups excluding tert-OH is 12. The van der Waals surface area contributed by atoms with Crippen LogP contribution in [-0.2, 0) is 0 Å². The van der Waals surface area contributed by atoms with Crippen molar-refractivity contribution in [2.45, 2.75) is 554 Å². The summed E-state index contributed by atoms with van der Waals surface area (Å²) >= 11 is 0. The molecule has 0 unspecified atom stereocenters. The van der Waals surface area contributed by atoms with Gasteiger partial charge in [-0.15, -0.1) is 0 Å². The molecule has 776 valence electrons. The largest absolute Gasteiger partial charge is 0.356 e. The maximum atomic E-state index is 8.83. The van der Waals surface area contributed by atoms with Crippen LogP contribution in [0.3, 0.4) is 0 Å². The Labute approximate surface area is 885 Å². The van der Waals surface area contributed by atoms with E-state index in [2.05, 4.69) is 0 Å². The molecule has 0 radical (unpaired) electrons. The third kappa shape index (κ3) is 89.7. The first-order valence-corrected chi connectivity index (χ1v) is 43.2. The number of aliphatic hydroxyl groups is 24. The van der Waals surface area contributed by atoms with Gasteiger partial charge in [-0.1, -0.05) is 0 Å². The van der Waals surface area contributed by atoms with E-state index >= 15 is 0 Å². The molecule has 0 rings (SSSR count). The van der Waals surface area contributed by atoms with Gasteiger partial charge in [0.2, 0.25) is 77.0 Å². The minimum absolute atomic E-state index is 0. The number of rotatable bonds is 36. The Kier molecular flexibility index (Phi) is 122. The molecule has 24 N–H and O–H groups in total. The van der Waals surface area contributed by atoms with Crippen LogP contribution in [0.15, 0.2) is 0 Å². The van der Waals surface area contributed by atoms with Gasteiger partial charge in [-0.3, -0.25) is 58.8 Å². The van der Waals surface area contributed by atoms with Gasteiger partial charge >= 0.3 is 0 Å². The predicted octanol–water partition coefficient (Wildman–Crippen LogP) is 4.48. The molecule has 124 heavy (non-hydrogen) atoms. The van der Waals surface area contributed by atoms with Gasteiger partial charge in [0, 0.05) is 305 Å². The first-order chi connectivity index (χ1) is 53.6. The summed E-state index contributed by atoms with van der Waals surface area (Å²) in [7, 11) is 0. The minimum Gasteiger partial charge on any atom is -0.356 e. The van der Waals surface area contributed by atoms with E-state index in [1.54, 1.807) is 58.8 Å². The van der Waals surface area contributed by atoms with Crippen LogP contribution < -0.4 is 0 Å². The molecule has 0 fully saturated rings. The molecule has 0 amide bonds. The molecule has 0 spiro atoms. The molecule has 0 aliphatic rings. The molecule has 0 atom stereocenters. The van der Waals surface area contributed by atoms with Crippen LogP contribution in [0.4, 0.5) is 0 Å². The van der Waals surface area contributed by atoms with Crippen LogP contribution >= 0.6 is 0 Å². The van der Waals surface area contributed by atoms with Crippen molar-refractivity contribution in [2.75, 3.05) is 0 Å². The second kappa shape index (κ2) is 91.9. The maximum Gasteiger partial charge on any atom is 0.214 e. The molecule has 0 aromatic carbocycles. The van der Waals surface area contributed by atoms with Crippen LogP contribution in [0, 0.1) is 160 Å². The van der Waals surface area contributed by atoms with E-state index in [0.29, 0.717) is 0 Å². The second-order valence-electron chi connectivity index (χ2n) is 35.8. The quantitative estimate of drug-likeness (QED) is 0.0384. The Morgan fingerprint density at radius 1 is 0.0806 bits per heavy atom. The van der Waals surface area contributed by atoms with E-state index in [4.69, 9.17) is 123 Å². The molecule has 36 nitrogen and oxygen atoms in total. The zero-order chi connectivity index (χ0) is 99.7. The summed E-state index contributed by atoms with van der Waals surface area (Å²) in [5, 5.41) is 212. The molecule has 0 aromatic rings. The van der Waals surface area contributed by atoms with Crippen molar-refractivity contribution in [1.29, 1.82) is 0 Å². The van der Waals surface area contributed by atoms with Gasteiger partial charge in [-0.2, -0.15) is 0 Å². The van der Waals surface area contributed by atoms with Gasteiger partial charge in [0.15, 0.2) is 0 Å². The smallest absolute Gasteiger partial charge is 0.214 e. The van der Waals surface area contributed by atoms with Gasteiger partial charge in [0.05, 0.1) is 0 Å². The van der Waals surface area contributed by atoms with Crippen LogP contribution in [0.2, 0.25) is 0 Å². The summed E-state index contributed by atoms with van der Waals surface area (Å²) < 4.78 is 0. The first-order valence-electron chi connectivity index (χ1n) is 43.2. The van der Waals surface area contributed by atoms with E-state index in [1.165, 1.54) is 0 Å². The maximum absolute atomic E-state index is 8.83. The van der Waals surface area contributed by atoms with Crippen LogP contribution in [-0.4, -0.2) is 403 Å². The Hall–Kier alpha value is 3.86. The molecule has 0 saturated heterocycles. The molecule has 0 heterocycles. The van der Waals surface area contributed by atoms with Crippen LogP contribution in [0.1, 0.15) is 332 Å². The Morgan fingerprint density at radius 2 is 0.105 bits per heavy atom. The molecular formula is C84H204Gd4N12O24. The fourth-order valence-corrected chi connectivity index (χ4v) is 13.6. The Bertz CT molecular complexity index is 1410. The number of hydrogen-bond donors (Lipinski definition) is 24. The first kappa shape index (κ1) is 164. The summed E-state index contributed by atoms with van der Waals surface area (Å²) in [6.07, 6.45) is -16.0. The summed E-state index contributed by atoms with van der Waals surface area (Å²) in [6, 6.07) is 4.00. The van der Waals surface area contributed by atoms with Gasteiger partial charge in [-0.05, 0) is 332 Å². The summed E-state index contributed by atoms with van der Waals surface area (Å²) in [5.41, 5.74) is 0. The fourth-order valence-electron chi connectivity index (χ4n) is 13.6. The molecular weight excluding hydrogens is 2190 g/mol. The number of nitrogens with zero attached hydrogens (tertiary/aromatic N) is 12. The fraction of sp³-hybridized carbons (Fsp3) is 1.00. The molecule has 40 heteroatoms. The van der Waals surface area contributed by atoms with Crippen molar-refractivity contribution >= 4 is 0 Å². The summed E-state index contributed by atoms with van der Waals surface area (Å²) in [6.45, 7) is 92.6. The molecule has 0 saturated carbocycles. The summed E-state index contributed by atoms with van der Waals surface area (Å²) in [4.78, 5) is 19.3. The van der Waals surface area contributed by atoms with E-state index < -0.39 is 77.0 Å². The monoisotopic (exact) mass is 2400 g/mol. The topological polar surface area (TPSA) is 524 Å². The van der Waals surface area contributed by atoms with E-state index in [-0.39, 0.29) is 305 Å². The average Bonchev–Trinajstić information content (AvgIpc) is 1.03. The third-order valence-electron chi connectivity index (χ3n) is 17.5. The summed E-state index contributed by atoms with van der Waals surface area (Å²) in [5.74, 6) is 0. The van der Waals surface area contributed by atoms with Crippen molar-refractivity contribution < 1.29 is 282 Å². The number of hydrogen-bond acceptors (Lipinski definition) is 36. The zero-order valence-electron chi connectivity index (χ0n) is 86.3. The van der Waals surface area contributed by atoms with E-state index in [0.717, 1.165) is 0 Å². The average molecular weight is 2400 g/mol. The normalized spacial score (nSPS) is 12.2. The SMILES string of the molecule is CC(C)N(C(C)C)C(O)O.CC(C)N(C(C)C)C(O)O.CC(C)N(C(C)C)C(O)O.CC(C)N(C(C)C)C(O)O.CC(C)N(C(C)C)C(O)O.CC(C)N(C(C)C)C(O)O.CC(C)N(C(C)C)C(O)O.CC(C)N(C(C)C)C(O)O.CC(C)N(C(C)C)C(O)O.CC(C)N(C(C)C)C(O)O.CC(C)N(C(C)C)C(O)O.CC(C)N(C(C)C)C(O)O.[Gd].[Gd].[Gd].[Gd]. The van der Waals surface area contributed by atoms with Gasteiger partial charge in [0.1, 0.15) is 0 Å². The van der Waals surface area contributed by atoms with E-state index in [9.17, 15) is 0 Å². The van der Waals surface area contributed by atoms with Crippen molar-refractivity contribution in [3.05, 3.63) is 0 Å². The van der Waals surface area contributed by atoms with Gasteiger partial charge in [-0.25, -0.2) is 0 Å². The van der Waals surface area contributed by atoms with Gasteiger partial charge < -0.3 is 123 Å². The minimum atomic E-state index is -1.33. The van der Waals surface area contributed by atoms with Crippen LogP contribution in [0.5, 0.6) is 0 Å². The van der Waals surface area contributed by atoms with Crippen LogP contribution in [0.25, 0.3) is 0 Å². The van der Waals surface area contributed by atoms with E-state index in [1.807, 2.05) is 332 Å². The molecule has 0 aromatic heterocycles. The standard InChI is InChI=1S/12C7H17NO2.4Gd/c12*1-5(2)8(6(3)4)7(9)10;;;;/h12*5-7,9-10H,1-4H3;;;;. The predicted molar refractivity (Wildman–Crippen MR) is 484 cm³/mol. The van der Waals surface area contributed by atoms with Gasteiger partial charge in [0.25, 0.3) is 0 Å². The molecule has 0 bridgehead atoms. The second-order valence-corrected chi connectivity index (χ2v) is 35.8. The molecule has 0 aliphatic carbocycles. The van der Waals surface area contributed by atoms with Crippen molar-refractivity contribution in [1.82, 2.24) is 58.8 Å². The molecule has 0 aliphatic heterocycles. The van der Waals surface area contributed by atoms with Crippen molar-refractivity contribution in [2.24, 2.45) is 0 Å². The third-order valence-corrected chi connectivity index (χ3v) is 17.5. The Morgan fingerprint density at radius 3 is 0.105 bits per heavy atom. The Balaban J connectivity index is -0.0000000731. The van der Waals surface area contributed by atoms with Crippen molar-refractivity contribution in [3.8, 4) is 0 Å². The van der Waals surface area contributed by atoms with Crippen molar-refractivity contribution in [3.63, 3.8) is 0 Å². The zero-order valence-corrected chi connectivity index (χ0v) is 95.4.